The summed E-state index contributed by atoms with van der Waals surface area (Å²) in [7, 11) is -0.121. The Bertz CT molecular complexity index is 254. The Hall–Kier alpha value is -0.130. The zero-order chi connectivity index (χ0) is 10.6. The van der Waals surface area contributed by atoms with Crippen LogP contribution in [-0.2, 0) is 10.2 Å². The molecular weight excluding hydrogens is 200 g/mol. The molecule has 0 aliphatic heterocycles. The van der Waals surface area contributed by atoms with Crippen molar-refractivity contribution in [3.8, 4) is 0 Å². The van der Waals surface area contributed by atoms with Gasteiger partial charge in [0.25, 0.3) is 10.2 Å². The Morgan fingerprint density at radius 1 is 1.07 bits per heavy atom. The van der Waals surface area contributed by atoms with Crippen molar-refractivity contribution in [3.05, 3.63) is 0 Å². The van der Waals surface area contributed by atoms with E-state index in [0.717, 1.165) is 25.7 Å². The maximum absolute atomic E-state index is 11.5. The first kappa shape index (κ1) is 11.9. The average molecular weight is 220 g/mol. The van der Waals surface area contributed by atoms with Gasteiger partial charge in [-0.2, -0.15) is 17.4 Å². The first-order valence-corrected chi connectivity index (χ1v) is 6.66. The van der Waals surface area contributed by atoms with E-state index < -0.39 is 10.2 Å². The summed E-state index contributed by atoms with van der Waals surface area (Å²) in [4.78, 5) is 0. The van der Waals surface area contributed by atoms with E-state index in [-0.39, 0.29) is 6.04 Å². The zero-order valence-corrected chi connectivity index (χ0v) is 9.81. The lowest BCUT2D eigenvalue weighted by Gasteiger charge is -2.19. The van der Waals surface area contributed by atoms with Crippen LogP contribution in [0.5, 0.6) is 0 Å². The molecule has 0 radical (unpaired) electrons. The van der Waals surface area contributed by atoms with Gasteiger partial charge in [0.1, 0.15) is 0 Å². The second-order valence-corrected chi connectivity index (χ2v) is 6.01. The molecule has 0 aromatic carbocycles. The molecule has 14 heavy (non-hydrogen) atoms. The minimum atomic E-state index is -3.23. The van der Waals surface area contributed by atoms with Crippen molar-refractivity contribution in [2.45, 2.75) is 44.6 Å². The molecule has 0 aromatic rings. The molecule has 0 bridgehead atoms. The van der Waals surface area contributed by atoms with Crippen LogP contribution in [0, 0.1) is 0 Å². The Kier molecular flexibility index (Phi) is 4.34. The zero-order valence-electron chi connectivity index (χ0n) is 8.99. The Morgan fingerprint density at radius 2 is 1.57 bits per heavy atom. The molecule has 5 heteroatoms. The standard InChI is InChI=1S/C9H20N2O2S/c1-11(2)14(12,13)10-9-7-5-3-4-6-8-9/h9-10H,3-8H2,1-2H3. The van der Waals surface area contributed by atoms with Gasteiger partial charge in [0.15, 0.2) is 0 Å². The minimum absolute atomic E-state index is 0.143. The lowest BCUT2D eigenvalue weighted by atomic mass is 10.1. The van der Waals surface area contributed by atoms with Gasteiger partial charge < -0.3 is 0 Å². The largest absolute Gasteiger partial charge is 0.279 e. The fraction of sp³-hybridized carbons (Fsp3) is 1.00. The van der Waals surface area contributed by atoms with Gasteiger partial charge in [0.2, 0.25) is 0 Å². The molecule has 84 valence electrons. The molecular formula is C9H20N2O2S. The summed E-state index contributed by atoms with van der Waals surface area (Å²) >= 11 is 0. The van der Waals surface area contributed by atoms with Crippen LogP contribution in [0.1, 0.15) is 38.5 Å². The van der Waals surface area contributed by atoms with Crippen molar-refractivity contribution in [2.75, 3.05) is 14.1 Å². The van der Waals surface area contributed by atoms with Crippen LogP contribution >= 0.6 is 0 Å². The minimum Gasteiger partial charge on any atom is -0.199 e. The molecule has 0 saturated heterocycles. The third kappa shape index (κ3) is 3.55. The summed E-state index contributed by atoms with van der Waals surface area (Å²) in [5.74, 6) is 0. The second-order valence-electron chi connectivity index (χ2n) is 4.09. The monoisotopic (exact) mass is 220 g/mol. The third-order valence-electron chi connectivity index (χ3n) is 2.65. The summed E-state index contributed by atoms with van der Waals surface area (Å²) in [5, 5.41) is 0. The summed E-state index contributed by atoms with van der Waals surface area (Å²) in [6.07, 6.45) is 6.71. The first-order valence-electron chi connectivity index (χ1n) is 5.22. The van der Waals surface area contributed by atoms with Crippen LogP contribution in [0.3, 0.4) is 0 Å². The van der Waals surface area contributed by atoms with Crippen molar-refractivity contribution in [1.82, 2.24) is 9.03 Å². The van der Waals surface area contributed by atoms with Crippen LogP contribution in [0.15, 0.2) is 0 Å². The van der Waals surface area contributed by atoms with Crippen molar-refractivity contribution < 1.29 is 8.42 Å². The molecule has 0 atom stereocenters. The molecule has 4 nitrogen and oxygen atoms in total. The quantitative estimate of drug-likeness (QED) is 0.724. The van der Waals surface area contributed by atoms with E-state index in [1.807, 2.05) is 0 Å². The fourth-order valence-corrected chi connectivity index (χ4v) is 2.58. The summed E-state index contributed by atoms with van der Waals surface area (Å²) in [6, 6.07) is 0.143. The van der Waals surface area contributed by atoms with Gasteiger partial charge in [-0.25, -0.2) is 0 Å². The van der Waals surface area contributed by atoms with Gasteiger partial charge in [0, 0.05) is 20.1 Å². The predicted octanol–water partition coefficient (Wildman–Crippen LogP) is 1.11. The van der Waals surface area contributed by atoms with E-state index in [9.17, 15) is 8.42 Å². The van der Waals surface area contributed by atoms with Gasteiger partial charge in [-0.15, -0.1) is 0 Å². The highest BCUT2D eigenvalue weighted by Crippen LogP contribution is 2.17. The van der Waals surface area contributed by atoms with E-state index in [1.165, 1.54) is 17.1 Å². The lowest BCUT2D eigenvalue weighted by molar-refractivity contribution is 0.466. The molecule has 0 spiro atoms. The molecule has 0 unspecified atom stereocenters. The molecule has 1 N–H and O–H groups in total. The van der Waals surface area contributed by atoms with Gasteiger partial charge in [-0.1, -0.05) is 25.7 Å². The Balaban J connectivity index is 2.50. The van der Waals surface area contributed by atoms with Crippen molar-refractivity contribution in [3.63, 3.8) is 0 Å². The Labute approximate surface area is 86.9 Å². The summed E-state index contributed by atoms with van der Waals surface area (Å²) < 4.78 is 27.0. The molecule has 1 saturated carbocycles. The molecule has 1 aliphatic carbocycles. The highest BCUT2D eigenvalue weighted by Gasteiger charge is 2.20. The molecule has 0 heterocycles. The number of hydrogen-bond donors (Lipinski definition) is 1. The number of rotatable bonds is 3. The van der Waals surface area contributed by atoms with Gasteiger partial charge in [0.05, 0.1) is 0 Å². The smallest absolute Gasteiger partial charge is 0.199 e. The topological polar surface area (TPSA) is 49.4 Å². The van der Waals surface area contributed by atoms with Crippen LogP contribution in [0.4, 0.5) is 0 Å². The molecule has 1 rings (SSSR count). The van der Waals surface area contributed by atoms with E-state index in [1.54, 1.807) is 14.1 Å². The first-order chi connectivity index (χ1) is 6.52. The van der Waals surface area contributed by atoms with Crippen molar-refractivity contribution >= 4 is 10.2 Å². The maximum Gasteiger partial charge on any atom is 0.279 e. The number of hydrogen-bond acceptors (Lipinski definition) is 2. The molecule has 0 aromatic heterocycles. The lowest BCUT2D eigenvalue weighted by Crippen LogP contribution is -2.41. The van der Waals surface area contributed by atoms with Gasteiger partial charge >= 0.3 is 0 Å². The highest BCUT2D eigenvalue weighted by atomic mass is 32.2. The highest BCUT2D eigenvalue weighted by molar-refractivity contribution is 7.87. The van der Waals surface area contributed by atoms with E-state index in [0.29, 0.717) is 0 Å². The van der Waals surface area contributed by atoms with Crippen LogP contribution in [-0.4, -0.2) is 32.9 Å². The Morgan fingerprint density at radius 3 is 2.00 bits per heavy atom. The number of nitrogens with one attached hydrogen (secondary N) is 1. The van der Waals surface area contributed by atoms with E-state index >= 15 is 0 Å². The van der Waals surface area contributed by atoms with Crippen molar-refractivity contribution in [2.24, 2.45) is 0 Å². The fourth-order valence-electron chi connectivity index (χ4n) is 1.71. The summed E-state index contributed by atoms with van der Waals surface area (Å²) in [6.45, 7) is 0. The normalized spacial score (nSPS) is 21.1. The average Bonchev–Trinajstić information content (AvgIpc) is 2.32. The molecule has 1 aliphatic rings. The van der Waals surface area contributed by atoms with Crippen LogP contribution < -0.4 is 4.72 Å². The predicted molar refractivity (Wildman–Crippen MR) is 57.2 cm³/mol. The van der Waals surface area contributed by atoms with Crippen LogP contribution in [0.2, 0.25) is 0 Å². The van der Waals surface area contributed by atoms with Gasteiger partial charge in [-0.3, -0.25) is 0 Å². The summed E-state index contributed by atoms with van der Waals surface area (Å²) in [5.41, 5.74) is 0. The van der Waals surface area contributed by atoms with Crippen molar-refractivity contribution in [1.29, 1.82) is 0 Å². The second kappa shape index (κ2) is 5.09. The van der Waals surface area contributed by atoms with E-state index in [2.05, 4.69) is 4.72 Å². The molecule has 1 fully saturated rings. The van der Waals surface area contributed by atoms with Gasteiger partial charge in [-0.05, 0) is 12.8 Å². The third-order valence-corrected chi connectivity index (χ3v) is 4.24. The van der Waals surface area contributed by atoms with Crippen LogP contribution in [0.25, 0.3) is 0 Å². The molecule has 0 amide bonds. The SMILES string of the molecule is CN(C)S(=O)(=O)NC1CCCCCC1. The van der Waals surface area contributed by atoms with E-state index in [4.69, 9.17) is 0 Å². The number of nitrogens with zero attached hydrogens (tertiary/aromatic N) is 1. The maximum atomic E-state index is 11.5.